The summed E-state index contributed by atoms with van der Waals surface area (Å²) in [6.07, 6.45) is 10.1. The number of imidazole rings is 1. The van der Waals surface area contributed by atoms with Crippen molar-refractivity contribution >= 4 is 16.9 Å². The van der Waals surface area contributed by atoms with Crippen LogP contribution in [-0.2, 0) is 6.54 Å². The van der Waals surface area contributed by atoms with Gasteiger partial charge in [-0.3, -0.25) is 4.79 Å². The Morgan fingerprint density at radius 3 is 2.73 bits per heavy atom. The van der Waals surface area contributed by atoms with Gasteiger partial charge in [-0.25, -0.2) is 4.98 Å². The Bertz CT molecular complexity index is 751. The summed E-state index contributed by atoms with van der Waals surface area (Å²) in [5.41, 5.74) is 2.89. The fraction of sp³-hybridized carbons (Fsp3) is 0.222. The van der Waals surface area contributed by atoms with Crippen LogP contribution < -0.4 is 5.32 Å². The first-order chi connectivity index (χ1) is 10.7. The molecule has 0 bridgehead atoms. The van der Waals surface area contributed by atoms with Crippen molar-refractivity contribution in [1.82, 2.24) is 14.9 Å². The molecular formula is C18H21N3O. The lowest BCUT2D eigenvalue weighted by Gasteiger charge is -2.09. The van der Waals surface area contributed by atoms with Crippen LogP contribution in [0.2, 0.25) is 0 Å². The van der Waals surface area contributed by atoms with Gasteiger partial charge in [0.2, 0.25) is 0 Å². The van der Waals surface area contributed by atoms with E-state index in [-0.39, 0.29) is 5.91 Å². The minimum Gasteiger partial charge on any atom is -0.352 e. The van der Waals surface area contributed by atoms with E-state index in [4.69, 9.17) is 0 Å². The first kappa shape index (κ1) is 15.8. The Morgan fingerprint density at radius 2 is 2.05 bits per heavy atom. The fourth-order valence-corrected chi connectivity index (χ4v) is 2.30. The molecule has 0 saturated heterocycles. The predicted octanol–water partition coefficient (Wildman–Crippen LogP) is 3.47. The second kappa shape index (κ2) is 7.41. The normalized spacial score (nSPS) is 12.6. The zero-order valence-corrected chi connectivity index (χ0v) is 13.2. The maximum atomic E-state index is 12.1. The van der Waals surface area contributed by atoms with Gasteiger partial charge in [-0.05, 0) is 31.6 Å². The van der Waals surface area contributed by atoms with Crippen molar-refractivity contribution in [2.45, 2.75) is 20.4 Å². The van der Waals surface area contributed by atoms with Gasteiger partial charge in [0.25, 0.3) is 5.91 Å². The summed E-state index contributed by atoms with van der Waals surface area (Å²) in [7, 11) is 1.62. The second-order valence-corrected chi connectivity index (χ2v) is 4.86. The SMILES string of the molecule is C\C=C/C=C(\C=C/C)Cn1c(C(=O)NC)nc2ccccc21. The molecule has 1 heterocycles. The van der Waals surface area contributed by atoms with Gasteiger partial charge in [0, 0.05) is 13.6 Å². The Kier molecular flexibility index (Phi) is 5.31. The van der Waals surface area contributed by atoms with E-state index >= 15 is 0 Å². The molecule has 1 aromatic heterocycles. The number of carbonyl (C=O) groups excluding carboxylic acids is 1. The first-order valence-electron chi connectivity index (χ1n) is 7.33. The van der Waals surface area contributed by atoms with E-state index in [0.29, 0.717) is 12.4 Å². The molecule has 2 aromatic rings. The molecular weight excluding hydrogens is 274 g/mol. The standard InChI is InChI=1S/C18H21N3O/c1-4-6-10-14(9-5-2)13-21-16-12-8-7-11-15(16)20-17(21)18(22)19-3/h4-12H,13H2,1-3H3,(H,19,22)/b6-4-,9-5-,14-10+. The highest BCUT2D eigenvalue weighted by Gasteiger charge is 2.16. The van der Waals surface area contributed by atoms with Crippen molar-refractivity contribution in [3.8, 4) is 0 Å². The van der Waals surface area contributed by atoms with Crippen LogP contribution >= 0.6 is 0 Å². The van der Waals surface area contributed by atoms with Crippen LogP contribution in [0, 0.1) is 0 Å². The summed E-state index contributed by atoms with van der Waals surface area (Å²) in [5.74, 6) is 0.252. The molecule has 2 rings (SSSR count). The molecule has 1 N–H and O–H groups in total. The highest BCUT2D eigenvalue weighted by molar-refractivity contribution is 5.94. The van der Waals surface area contributed by atoms with Gasteiger partial charge in [-0.2, -0.15) is 0 Å². The summed E-state index contributed by atoms with van der Waals surface area (Å²) in [5, 5.41) is 2.66. The van der Waals surface area contributed by atoms with E-state index in [1.54, 1.807) is 7.05 Å². The minimum absolute atomic E-state index is 0.179. The van der Waals surface area contributed by atoms with E-state index in [9.17, 15) is 4.79 Å². The maximum Gasteiger partial charge on any atom is 0.287 e. The van der Waals surface area contributed by atoms with Crippen LogP contribution in [0.4, 0.5) is 0 Å². The van der Waals surface area contributed by atoms with Crippen LogP contribution in [-0.4, -0.2) is 22.5 Å². The number of allylic oxidation sites excluding steroid dienone is 6. The number of nitrogens with one attached hydrogen (secondary N) is 1. The van der Waals surface area contributed by atoms with Gasteiger partial charge in [0.05, 0.1) is 11.0 Å². The molecule has 0 aliphatic rings. The van der Waals surface area contributed by atoms with Gasteiger partial charge >= 0.3 is 0 Å². The lowest BCUT2D eigenvalue weighted by atomic mass is 10.2. The molecule has 1 amide bonds. The molecule has 0 saturated carbocycles. The molecule has 1 aromatic carbocycles. The van der Waals surface area contributed by atoms with Crippen molar-refractivity contribution in [2.75, 3.05) is 7.05 Å². The third-order valence-electron chi connectivity index (χ3n) is 3.31. The predicted molar refractivity (Wildman–Crippen MR) is 90.8 cm³/mol. The molecule has 0 unspecified atom stereocenters. The lowest BCUT2D eigenvalue weighted by Crippen LogP contribution is -2.23. The van der Waals surface area contributed by atoms with Crippen LogP contribution in [0.1, 0.15) is 24.5 Å². The summed E-state index contributed by atoms with van der Waals surface area (Å²) in [4.78, 5) is 16.6. The molecule has 114 valence electrons. The molecule has 0 fully saturated rings. The zero-order valence-electron chi connectivity index (χ0n) is 13.2. The maximum absolute atomic E-state index is 12.1. The minimum atomic E-state index is -0.179. The van der Waals surface area contributed by atoms with Crippen molar-refractivity contribution < 1.29 is 4.79 Å². The van der Waals surface area contributed by atoms with E-state index in [2.05, 4.69) is 10.3 Å². The van der Waals surface area contributed by atoms with E-state index in [0.717, 1.165) is 16.6 Å². The largest absolute Gasteiger partial charge is 0.352 e. The number of nitrogens with zero attached hydrogens (tertiary/aromatic N) is 2. The Balaban J connectivity index is 2.54. The highest BCUT2D eigenvalue weighted by atomic mass is 16.2. The molecule has 0 aliphatic heterocycles. The number of aromatic nitrogens is 2. The van der Waals surface area contributed by atoms with Crippen LogP contribution in [0.5, 0.6) is 0 Å². The third kappa shape index (κ3) is 3.34. The zero-order chi connectivity index (χ0) is 15.9. The number of amides is 1. The van der Waals surface area contributed by atoms with E-state index in [1.165, 1.54) is 0 Å². The Labute approximate surface area is 130 Å². The highest BCUT2D eigenvalue weighted by Crippen LogP contribution is 2.18. The average molecular weight is 295 g/mol. The number of benzene rings is 1. The van der Waals surface area contributed by atoms with Gasteiger partial charge in [-0.15, -0.1) is 0 Å². The summed E-state index contributed by atoms with van der Waals surface area (Å²) < 4.78 is 1.95. The third-order valence-corrected chi connectivity index (χ3v) is 3.31. The number of hydrogen-bond acceptors (Lipinski definition) is 2. The molecule has 0 spiro atoms. The molecule has 0 aliphatic carbocycles. The van der Waals surface area contributed by atoms with Gasteiger partial charge in [-0.1, -0.05) is 42.5 Å². The molecule has 22 heavy (non-hydrogen) atoms. The average Bonchev–Trinajstić information content (AvgIpc) is 2.91. The molecule has 0 radical (unpaired) electrons. The van der Waals surface area contributed by atoms with Crippen LogP contribution in [0.15, 0.2) is 60.2 Å². The van der Waals surface area contributed by atoms with Gasteiger partial charge in [0.15, 0.2) is 5.82 Å². The number of carbonyl (C=O) groups is 1. The molecule has 4 heteroatoms. The van der Waals surface area contributed by atoms with Gasteiger partial charge < -0.3 is 9.88 Å². The van der Waals surface area contributed by atoms with E-state index < -0.39 is 0 Å². The fourth-order valence-electron chi connectivity index (χ4n) is 2.30. The van der Waals surface area contributed by atoms with E-state index in [1.807, 2.05) is 73.1 Å². The van der Waals surface area contributed by atoms with Crippen molar-refractivity contribution in [3.63, 3.8) is 0 Å². The summed E-state index contributed by atoms with van der Waals surface area (Å²) in [6, 6.07) is 7.79. The molecule has 0 atom stereocenters. The van der Waals surface area contributed by atoms with Crippen molar-refractivity contribution in [2.24, 2.45) is 0 Å². The second-order valence-electron chi connectivity index (χ2n) is 4.86. The van der Waals surface area contributed by atoms with Crippen molar-refractivity contribution in [3.05, 3.63) is 66.0 Å². The monoisotopic (exact) mass is 295 g/mol. The topological polar surface area (TPSA) is 46.9 Å². The molecule has 4 nitrogen and oxygen atoms in total. The summed E-state index contributed by atoms with van der Waals surface area (Å²) in [6.45, 7) is 4.56. The number of hydrogen-bond donors (Lipinski definition) is 1. The Hall–Kier alpha value is -2.62. The smallest absolute Gasteiger partial charge is 0.287 e. The van der Waals surface area contributed by atoms with Crippen molar-refractivity contribution in [1.29, 1.82) is 0 Å². The number of fused-ring (bicyclic) bond motifs is 1. The lowest BCUT2D eigenvalue weighted by molar-refractivity contribution is 0.0949. The van der Waals surface area contributed by atoms with Crippen LogP contribution in [0.3, 0.4) is 0 Å². The summed E-state index contributed by atoms with van der Waals surface area (Å²) >= 11 is 0. The first-order valence-corrected chi connectivity index (χ1v) is 7.33. The Morgan fingerprint density at radius 1 is 1.27 bits per heavy atom. The number of rotatable bonds is 5. The quantitative estimate of drug-likeness (QED) is 0.859. The van der Waals surface area contributed by atoms with Gasteiger partial charge in [0.1, 0.15) is 0 Å². The van der Waals surface area contributed by atoms with Crippen LogP contribution in [0.25, 0.3) is 11.0 Å². The number of para-hydroxylation sites is 2.